The Labute approximate surface area is 173 Å². The molecule has 0 aliphatic heterocycles. The van der Waals surface area contributed by atoms with Crippen LogP contribution < -0.4 is 0 Å². The van der Waals surface area contributed by atoms with Gasteiger partial charge >= 0.3 is 0 Å². The van der Waals surface area contributed by atoms with Gasteiger partial charge in [-0.25, -0.2) is 4.98 Å². The van der Waals surface area contributed by atoms with Crippen molar-refractivity contribution in [3.63, 3.8) is 0 Å². The maximum atomic E-state index is 12.9. The topological polar surface area (TPSA) is 38.1 Å². The minimum Gasteiger partial charge on any atom is -0.330 e. The van der Waals surface area contributed by atoms with Gasteiger partial charge in [-0.1, -0.05) is 49.2 Å². The average Bonchev–Trinajstić information content (AvgIpc) is 3.28. The molecule has 0 atom stereocenters. The van der Waals surface area contributed by atoms with Crippen molar-refractivity contribution in [1.29, 1.82) is 0 Å². The van der Waals surface area contributed by atoms with E-state index < -0.39 is 0 Å². The third kappa shape index (κ3) is 5.12. The van der Waals surface area contributed by atoms with Crippen LogP contribution in [0.15, 0.2) is 48.1 Å². The Kier molecular flexibility index (Phi) is 6.58. The van der Waals surface area contributed by atoms with E-state index in [1.165, 1.54) is 11.3 Å². The second kappa shape index (κ2) is 8.91. The van der Waals surface area contributed by atoms with Gasteiger partial charge in [0.25, 0.3) is 5.91 Å². The van der Waals surface area contributed by atoms with Crippen molar-refractivity contribution in [3.8, 4) is 0 Å². The molecule has 2 aromatic heterocycles. The fourth-order valence-corrected chi connectivity index (χ4v) is 4.01. The third-order valence-corrected chi connectivity index (χ3v) is 5.54. The molecule has 3 rings (SSSR count). The Morgan fingerprint density at radius 1 is 1.30 bits per heavy atom. The number of rotatable bonds is 7. The molecule has 0 fully saturated rings. The summed E-state index contributed by atoms with van der Waals surface area (Å²) in [6, 6.07) is 9.23. The van der Waals surface area contributed by atoms with Gasteiger partial charge in [-0.3, -0.25) is 4.79 Å². The van der Waals surface area contributed by atoms with Crippen LogP contribution in [0.1, 0.15) is 34.9 Å². The van der Waals surface area contributed by atoms with Crippen molar-refractivity contribution in [1.82, 2.24) is 14.5 Å². The molecular formula is C20H21Cl2N3OS. The highest BCUT2D eigenvalue weighted by Gasteiger charge is 2.20. The molecule has 0 aliphatic rings. The Hall–Kier alpha value is -1.82. The summed E-state index contributed by atoms with van der Waals surface area (Å²) in [6.45, 7) is 5.91. The van der Waals surface area contributed by atoms with E-state index in [9.17, 15) is 4.79 Å². The van der Waals surface area contributed by atoms with Crippen molar-refractivity contribution in [3.05, 3.63) is 74.4 Å². The van der Waals surface area contributed by atoms with Crippen molar-refractivity contribution >= 4 is 40.4 Å². The van der Waals surface area contributed by atoms with Gasteiger partial charge in [0.2, 0.25) is 0 Å². The second-order valence-corrected chi connectivity index (χ2v) is 8.56. The fraction of sp³-hybridized carbons (Fsp3) is 0.300. The van der Waals surface area contributed by atoms with E-state index in [2.05, 4.69) is 18.8 Å². The number of carbonyl (C=O) groups excluding carboxylic acids is 1. The summed E-state index contributed by atoms with van der Waals surface area (Å²) in [6.07, 6.45) is 3.66. The number of thiophene rings is 1. The molecule has 0 spiro atoms. The molecule has 27 heavy (non-hydrogen) atoms. The van der Waals surface area contributed by atoms with E-state index in [4.69, 9.17) is 23.2 Å². The van der Waals surface area contributed by atoms with Gasteiger partial charge in [0.15, 0.2) is 0 Å². The molecule has 3 aromatic rings. The van der Waals surface area contributed by atoms with Crippen LogP contribution in [-0.4, -0.2) is 26.9 Å². The minimum absolute atomic E-state index is 0.0396. The van der Waals surface area contributed by atoms with Crippen molar-refractivity contribution < 1.29 is 4.79 Å². The van der Waals surface area contributed by atoms with E-state index in [0.29, 0.717) is 35.6 Å². The van der Waals surface area contributed by atoms with Gasteiger partial charge in [-0.15, -0.1) is 11.3 Å². The summed E-state index contributed by atoms with van der Waals surface area (Å²) in [5.41, 5.74) is 0.959. The van der Waals surface area contributed by atoms with Gasteiger partial charge in [0, 0.05) is 29.0 Å². The van der Waals surface area contributed by atoms with Crippen LogP contribution in [0.25, 0.3) is 0 Å². The molecule has 0 radical (unpaired) electrons. The lowest BCUT2D eigenvalue weighted by molar-refractivity contribution is 0.0721. The number of imidazole rings is 1. The highest BCUT2D eigenvalue weighted by molar-refractivity contribution is 7.12. The van der Waals surface area contributed by atoms with Crippen LogP contribution in [0.5, 0.6) is 0 Å². The monoisotopic (exact) mass is 421 g/mol. The van der Waals surface area contributed by atoms with Crippen molar-refractivity contribution in [2.45, 2.75) is 26.9 Å². The predicted molar refractivity (Wildman–Crippen MR) is 112 cm³/mol. The van der Waals surface area contributed by atoms with Gasteiger partial charge < -0.3 is 9.47 Å². The SMILES string of the molecule is CC(C)CN(Cc1nccn1Cc1ccc(Cl)cc1Cl)C(=O)c1cccs1. The molecule has 0 aliphatic carbocycles. The highest BCUT2D eigenvalue weighted by atomic mass is 35.5. The van der Waals surface area contributed by atoms with Crippen LogP contribution in [0.4, 0.5) is 0 Å². The Morgan fingerprint density at radius 3 is 2.78 bits per heavy atom. The molecule has 1 amide bonds. The quantitative estimate of drug-likeness (QED) is 0.497. The molecule has 4 nitrogen and oxygen atoms in total. The lowest BCUT2D eigenvalue weighted by Crippen LogP contribution is -2.34. The number of carbonyl (C=O) groups is 1. The van der Waals surface area contributed by atoms with Gasteiger partial charge in [-0.2, -0.15) is 0 Å². The van der Waals surface area contributed by atoms with Gasteiger partial charge in [-0.05, 0) is 35.1 Å². The van der Waals surface area contributed by atoms with Crippen LogP contribution in [-0.2, 0) is 13.1 Å². The van der Waals surface area contributed by atoms with E-state index in [-0.39, 0.29) is 5.91 Å². The van der Waals surface area contributed by atoms with Crippen LogP contribution in [0.3, 0.4) is 0 Å². The standard InChI is InChI=1S/C20H21Cl2N3OS/c1-14(2)11-25(20(26)18-4-3-9-27-18)13-19-23-7-8-24(19)12-15-5-6-16(21)10-17(15)22/h3-10,14H,11-13H2,1-2H3. The summed E-state index contributed by atoms with van der Waals surface area (Å²) in [7, 11) is 0. The zero-order valence-electron chi connectivity index (χ0n) is 15.2. The molecule has 0 saturated carbocycles. The van der Waals surface area contributed by atoms with E-state index in [0.717, 1.165) is 16.3 Å². The number of amides is 1. The van der Waals surface area contributed by atoms with Crippen LogP contribution in [0.2, 0.25) is 10.0 Å². The Morgan fingerprint density at radius 2 is 2.11 bits per heavy atom. The molecule has 1 aromatic carbocycles. The molecule has 142 valence electrons. The summed E-state index contributed by atoms with van der Waals surface area (Å²) in [5, 5.41) is 3.15. The zero-order valence-corrected chi connectivity index (χ0v) is 17.6. The second-order valence-electron chi connectivity index (χ2n) is 6.76. The molecule has 0 bridgehead atoms. The van der Waals surface area contributed by atoms with Gasteiger partial charge in [0.05, 0.1) is 18.0 Å². The maximum absolute atomic E-state index is 12.9. The molecule has 2 heterocycles. The number of hydrogen-bond acceptors (Lipinski definition) is 3. The summed E-state index contributed by atoms with van der Waals surface area (Å²) in [5.74, 6) is 1.23. The normalized spacial score (nSPS) is 11.1. The first kappa shape index (κ1) is 19.9. The fourth-order valence-electron chi connectivity index (χ4n) is 2.86. The van der Waals surface area contributed by atoms with Crippen molar-refractivity contribution in [2.75, 3.05) is 6.54 Å². The minimum atomic E-state index is 0.0396. The average molecular weight is 422 g/mol. The molecule has 7 heteroatoms. The molecule has 0 unspecified atom stereocenters. The number of hydrogen-bond donors (Lipinski definition) is 0. The number of aromatic nitrogens is 2. The van der Waals surface area contributed by atoms with E-state index >= 15 is 0 Å². The lowest BCUT2D eigenvalue weighted by atomic mass is 10.2. The Balaban J connectivity index is 1.81. The molecule has 0 saturated heterocycles. The first-order valence-corrected chi connectivity index (χ1v) is 10.3. The highest BCUT2D eigenvalue weighted by Crippen LogP contribution is 2.23. The van der Waals surface area contributed by atoms with Gasteiger partial charge in [0.1, 0.15) is 5.82 Å². The molecule has 0 N–H and O–H groups in total. The summed E-state index contributed by atoms with van der Waals surface area (Å²) < 4.78 is 2.02. The van der Waals surface area contributed by atoms with E-state index in [1.54, 1.807) is 12.3 Å². The van der Waals surface area contributed by atoms with E-state index in [1.807, 2.05) is 45.3 Å². The summed E-state index contributed by atoms with van der Waals surface area (Å²) in [4.78, 5) is 20.0. The van der Waals surface area contributed by atoms with Crippen LogP contribution >= 0.6 is 34.5 Å². The Bertz CT molecular complexity index is 906. The lowest BCUT2D eigenvalue weighted by Gasteiger charge is -2.24. The zero-order chi connectivity index (χ0) is 19.4. The van der Waals surface area contributed by atoms with Crippen molar-refractivity contribution in [2.24, 2.45) is 5.92 Å². The molecular weight excluding hydrogens is 401 g/mol. The number of halogens is 2. The smallest absolute Gasteiger partial charge is 0.264 e. The third-order valence-electron chi connectivity index (χ3n) is 4.09. The number of benzene rings is 1. The first-order valence-electron chi connectivity index (χ1n) is 8.70. The number of nitrogens with zero attached hydrogens (tertiary/aromatic N) is 3. The summed E-state index contributed by atoms with van der Waals surface area (Å²) >= 11 is 13.8. The van der Waals surface area contributed by atoms with Crippen LogP contribution in [0, 0.1) is 5.92 Å². The predicted octanol–water partition coefficient (Wildman–Crippen LogP) is 5.60. The largest absolute Gasteiger partial charge is 0.330 e. The first-order chi connectivity index (χ1) is 12.9. The maximum Gasteiger partial charge on any atom is 0.264 e.